The molecule has 0 radical (unpaired) electrons. The molecular weight excluding hydrogens is 404 g/mol. The number of carbonyl (C=O) groups excluding carboxylic acids is 1. The first-order chi connectivity index (χ1) is 14.7. The van der Waals surface area contributed by atoms with Crippen molar-refractivity contribution in [1.29, 1.82) is 0 Å². The highest BCUT2D eigenvalue weighted by Crippen LogP contribution is 2.40. The van der Waals surface area contributed by atoms with Gasteiger partial charge in [0, 0.05) is 12.3 Å². The largest absolute Gasteiger partial charge is 0.497 e. The second-order valence-electron chi connectivity index (χ2n) is 7.22. The molecule has 1 fully saturated rings. The summed E-state index contributed by atoms with van der Waals surface area (Å²) in [5.41, 5.74) is 1.77. The number of hydrogen-bond donors (Lipinski definition) is 0. The Morgan fingerprint density at radius 2 is 2.07 bits per heavy atom. The number of methoxy groups -OCH3 is 1. The van der Waals surface area contributed by atoms with Gasteiger partial charge in [-0.05, 0) is 54.8 Å². The smallest absolute Gasteiger partial charge is 0.277 e. The Balaban J connectivity index is 1.33. The Labute approximate surface area is 177 Å². The third-order valence-corrected chi connectivity index (χ3v) is 5.93. The van der Waals surface area contributed by atoms with Crippen LogP contribution in [0.4, 0.5) is 0 Å². The van der Waals surface area contributed by atoms with Crippen molar-refractivity contribution in [3.05, 3.63) is 59.9 Å². The monoisotopic (exact) mass is 424 g/mol. The lowest BCUT2D eigenvalue weighted by Gasteiger charge is -2.19. The van der Waals surface area contributed by atoms with Crippen molar-refractivity contribution in [1.82, 2.24) is 15.2 Å². The van der Waals surface area contributed by atoms with E-state index in [1.165, 1.54) is 16.8 Å². The first kappa shape index (κ1) is 18.9. The average Bonchev–Trinajstić information content (AvgIpc) is 3.18. The zero-order chi connectivity index (χ0) is 20.5. The number of nitrogens with zero attached hydrogens (tertiary/aromatic N) is 4. The molecule has 0 spiro atoms. The quantitative estimate of drug-likeness (QED) is 0.529. The molecule has 0 saturated heterocycles. The summed E-state index contributed by atoms with van der Waals surface area (Å²) >= 11 is 1.23. The molecule has 2 aromatic heterocycles. The lowest BCUT2D eigenvalue weighted by Crippen LogP contribution is -2.28. The zero-order valence-electron chi connectivity index (χ0n) is 16.4. The predicted octanol–water partition coefficient (Wildman–Crippen LogP) is 4.02. The summed E-state index contributed by atoms with van der Waals surface area (Å²) in [6, 6.07) is 11.0. The Morgan fingerprint density at radius 3 is 2.77 bits per heavy atom. The van der Waals surface area contributed by atoms with E-state index in [1.807, 2.05) is 36.4 Å². The minimum atomic E-state index is -0.282. The van der Waals surface area contributed by atoms with Crippen molar-refractivity contribution in [2.75, 3.05) is 12.9 Å². The van der Waals surface area contributed by atoms with Crippen LogP contribution in [0.2, 0.25) is 0 Å². The van der Waals surface area contributed by atoms with E-state index in [9.17, 15) is 4.79 Å². The van der Waals surface area contributed by atoms with Crippen molar-refractivity contribution in [3.8, 4) is 5.75 Å². The predicted molar refractivity (Wildman–Crippen MR) is 109 cm³/mol. The fourth-order valence-corrected chi connectivity index (χ4v) is 3.99. The van der Waals surface area contributed by atoms with E-state index in [0.29, 0.717) is 29.2 Å². The molecule has 5 rings (SSSR count). The molecule has 8 nitrogen and oxygen atoms in total. The summed E-state index contributed by atoms with van der Waals surface area (Å²) in [4.78, 5) is 13.0. The summed E-state index contributed by atoms with van der Waals surface area (Å²) in [6.45, 7) is 0. The lowest BCUT2D eigenvalue weighted by atomic mass is 10.0. The van der Waals surface area contributed by atoms with Crippen LogP contribution in [0.15, 0.2) is 61.8 Å². The topological polar surface area (TPSA) is 94.0 Å². The van der Waals surface area contributed by atoms with Crippen LogP contribution in [0.5, 0.6) is 5.75 Å². The third-order valence-electron chi connectivity index (χ3n) is 5.13. The number of aromatic nitrogens is 2. The van der Waals surface area contributed by atoms with E-state index in [-0.39, 0.29) is 17.7 Å². The number of carbonyl (C=O) groups is 1. The van der Waals surface area contributed by atoms with Crippen LogP contribution < -0.4 is 4.74 Å². The van der Waals surface area contributed by atoms with Crippen molar-refractivity contribution >= 4 is 23.4 Å². The molecule has 2 aliphatic rings. The molecule has 1 aromatic carbocycles. The highest BCUT2D eigenvalue weighted by Gasteiger charge is 2.35. The Morgan fingerprint density at radius 1 is 1.23 bits per heavy atom. The van der Waals surface area contributed by atoms with E-state index in [0.717, 1.165) is 29.9 Å². The number of thioether (sulfide) groups is 1. The molecule has 3 aromatic rings. The first-order valence-corrected chi connectivity index (χ1v) is 10.7. The van der Waals surface area contributed by atoms with Crippen molar-refractivity contribution < 1.29 is 18.4 Å². The fourth-order valence-electron chi connectivity index (χ4n) is 3.36. The lowest BCUT2D eigenvalue weighted by molar-refractivity contribution is -0.130. The normalized spacial score (nSPS) is 18.5. The van der Waals surface area contributed by atoms with Crippen LogP contribution in [-0.2, 0) is 4.79 Å². The van der Waals surface area contributed by atoms with Gasteiger partial charge in [0.05, 0.1) is 24.8 Å². The highest BCUT2D eigenvalue weighted by molar-refractivity contribution is 7.99. The van der Waals surface area contributed by atoms with Gasteiger partial charge in [-0.3, -0.25) is 4.79 Å². The van der Waals surface area contributed by atoms with Crippen LogP contribution in [0.25, 0.3) is 0 Å². The van der Waals surface area contributed by atoms with E-state index < -0.39 is 0 Å². The number of hydrogen-bond acceptors (Lipinski definition) is 8. The number of hydrazone groups is 1. The van der Waals surface area contributed by atoms with Gasteiger partial charge in [-0.2, -0.15) is 5.10 Å². The molecule has 1 atom stereocenters. The maximum Gasteiger partial charge on any atom is 0.277 e. The first-order valence-electron chi connectivity index (χ1n) is 9.75. The molecule has 1 amide bonds. The maximum atomic E-state index is 13.0. The van der Waals surface area contributed by atoms with Crippen molar-refractivity contribution in [3.63, 3.8) is 0 Å². The summed E-state index contributed by atoms with van der Waals surface area (Å²) in [5, 5.41) is 14.6. The molecule has 0 N–H and O–H groups in total. The van der Waals surface area contributed by atoms with Crippen LogP contribution >= 0.6 is 11.8 Å². The van der Waals surface area contributed by atoms with E-state index >= 15 is 0 Å². The Bertz CT molecular complexity index is 1060. The number of amides is 1. The highest BCUT2D eigenvalue weighted by atomic mass is 32.2. The van der Waals surface area contributed by atoms with Crippen LogP contribution in [0, 0.1) is 0 Å². The second-order valence-corrected chi connectivity index (χ2v) is 8.14. The molecule has 3 heterocycles. The van der Waals surface area contributed by atoms with Gasteiger partial charge < -0.3 is 13.6 Å². The van der Waals surface area contributed by atoms with Crippen LogP contribution in [-0.4, -0.2) is 39.7 Å². The van der Waals surface area contributed by atoms with Gasteiger partial charge in [0.2, 0.25) is 5.89 Å². The number of furan rings is 1. The van der Waals surface area contributed by atoms with Crippen LogP contribution in [0.3, 0.4) is 0 Å². The van der Waals surface area contributed by atoms with Gasteiger partial charge in [-0.15, -0.1) is 10.2 Å². The second kappa shape index (κ2) is 7.98. The fraction of sp³-hybridized carbons (Fsp3) is 0.333. The molecule has 154 valence electrons. The summed E-state index contributed by atoms with van der Waals surface area (Å²) in [7, 11) is 1.63. The Hall–Kier alpha value is -3.07. The molecule has 1 saturated carbocycles. The van der Waals surface area contributed by atoms with Gasteiger partial charge in [-0.25, -0.2) is 5.01 Å². The van der Waals surface area contributed by atoms with Crippen molar-refractivity contribution in [2.45, 2.75) is 36.4 Å². The molecule has 1 unspecified atom stereocenters. The summed E-state index contributed by atoms with van der Waals surface area (Å²) < 4.78 is 16.4. The average molecular weight is 424 g/mol. The minimum absolute atomic E-state index is 0.143. The summed E-state index contributed by atoms with van der Waals surface area (Å²) in [6.07, 6.45) is 4.36. The molecule has 1 aliphatic carbocycles. The number of ether oxygens (including phenoxy) is 1. The van der Waals surface area contributed by atoms with E-state index in [2.05, 4.69) is 15.3 Å². The summed E-state index contributed by atoms with van der Waals surface area (Å²) in [5.74, 6) is 2.54. The Kier molecular flexibility index (Phi) is 5.04. The van der Waals surface area contributed by atoms with E-state index in [1.54, 1.807) is 13.4 Å². The van der Waals surface area contributed by atoms with Gasteiger partial charge in [0.25, 0.3) is 11.1 Å². The maximum absolute atomic E-state index is 13.0. The van der Waals surface area contributed by atoms with Crippen molar-refractivity contribution in [2.24, 2.45) is 5.10 Å². The molecule has 30 heavy (non-hydrogen) atoms. The molecular formula is C21H20N4O4S. The van der Waals surface area contributed by atoms with Gasteiger partial charge in [0.1, 0.15) is 17.6 Å². The van der Waals surface area contributed by atoms with Crippen LogP contribution in [0.1, 0.15) is 48.4 Å². The number of rotatable bonds is 7. The van der Waals surface area contributed by atoms with E-state index in [4.69, 9.17) is 13.6 Å². The minimum Gasteiger partial charge on any atom is -0.497 e. The molecule has 0 bridgehead atoms. The standard InChI is InChI=1S/C21H20N4O4S/c1-27-15-8-6-13(7-9-15)16-11-17(18-3-2-10-28-18)25(24-16)19(26)12-30-21-23-22-20(29-21)14-4-5-14/h2-3,6-10,14,17H,4-5,11-12H2,1H3. The molecule has 1 aliphatic heterocycles. The third kappa shape index (κ3) is 3.85. The molecule has 9 heteroatoms. The SMILES string of the molecule is COc1ccc(C2=NN(C(=O)CSc3nnc(C4CC4)o3)C(c3ccco3)C2)cc1. The number of benzene rings is 1. The van der Waals surface area contributed by atoms with Gasteiger partial charge in [-0.1, -0.05) is 11.8 Å². The van der Waals surface area contributed by atoms with Gasteiger partial charge >= 0.3 is 0 Å². The van der Waals surface area contributed by atoms with Gasteiger partial charge in [0.15, 0.2) is 0 Å². The zero-order valence-corrected chi connectivity index (χ0v) is 17.2.